The van der Waals surface area contributed by atoms with Crippen molar-refractivity contribution in [2.75, 3.05) is 19.7 Å². The van der Waals surface area contributed by atoms with Crippen LogP contribution in [-0.2, 0) is 23.1 Å². The highest BCUT2D eigenvalue weighted by atomic mass is 16.5. The second-order valence-corrected chi connectivity index (χ2v) is 5.08. The Morgan fingerprint density at radius 2 is 2.19 bits per heavy atom. The van der Waals surface area contributed by atoms with Gasteiger partial charge >= 0.3 is 12.0 Å². The van der Waals surface area contributed by atoms with Gasteiger partial charge in [-0.1, -0.05) is 0 Å². The van der Waals surface area contributed by atoms with Gasteiger partial charge in [-0.2, -0.15) is 5.10 Å². The van der Waals surface area contributed by atoms with Crippen LogP contribution in [0.5, 0.6) is 0 Å². The van der Waals surface area contributed by atoms with Gasteiger partial charge in [-0.05, 0) is 13.8 Å². The molecule has 8 heteroatoms. The van der Waals surface area contributed by atoms with E-state index in [9.17, 15) is 9.59 Å². The normalized spacial score (nSPS) is 18.6. The van der Waals surface area contributed by atoms with Gasteiger partial charge < -0.3 is 20.1 Å². The molecule has 2 N–H and O–H groups in total. The highest BCUT2D eigenvalue weighted by molar-refractivity contribution is 5.77. The topological polar surface area (TPSA) is 96.7 Å². The summed E-state index contributed by atoms with van der Waals surface area (Å²) in [5.41, 5.74) is 2.85. The Labute approximate surface area is 122 Å². The van der Waals surface area contributed by atoms with Crippen LogP contribution in [0.15, 0.2) is 0 Å². The average Bonchev–Trinajstić information content (AvgIpc) is 2.70. The molecule has 0 bridgehead atoms. The monoisotopic (exact) mass is 296 g/mol. The Hall–Kier alpha value is -2.09. The Kier molecular flexibility index (Phi) is 4.46. The van der Waals surface area contributed by atoms with Gasteiger partial charge in [-0.15, -0.1) is 0 Å². The van der Waals surface area contributed by atoms with Gasteiger partial charge in [0.15, 0.2) is 6.10 Å². The summed E-state index contributed by atoms with van der Waals surface area (Å²) in [4.78, 5) is 24.5. The standard InChI is InChI=1S/C13H20N4O4/c1-8-10(9(2)16(3)15-8)6-14-13(20)17-4-5-21-11(7-17)12(18)19/h11H,4-7H2,1-3H3,(H,14,20)(H,18,19). The first-order chi connectivity index (χ1) is 9.90. The van der Waals surface area contributed by atoms with Gasteiger partial charge in [0, 0.05) is 31.4 Å². The first-order valence-electron chi connectivity index (χ1n) is 6.76. The number of hydrogen-bond acceptors (Lipinski definition) is 4. The van der Waals surface area contributed by atoms with E-state index in [0.29, 0.717) is 13.1 Å². The number of aryl methyl sites for hydroxylation is 2. The average molecular weight is 296 g/mol. The minimum Gasteiger partial charge on any atom is -0.479 e. The van der Waals surface area contributed by atoms with Crippen LogP contribution in [0.2, 0.25) is 0 Å². The Morgan fingerprint density at radius 1 is 1.48 bits per heavy atom. The number of rotatable bonds is 3. The molecule has 2 rings (SSSR count). The first kappa shape index (κ1) is 15.3. The molecule has 1 fully saturated rings. The summed E-state index contributed by atoms with van der Waals surface area (Å²) in [5.74, 6) is -1.05. The highest BCUT2D eigenvalue weighted by Gasteiger charge is 2.29. The largest absolute Gasteiger partial charge is 0.479 e. The van der Waals surface area contributed by atoms with Crippen molar-refractivity contribution in [1.29, 1.82) is 0 Å². The van der Waals surface area contributed by atoms with Crippen molar-refractivity contribution >= 4 is 12.0 Å². The molecule has 8 nitrogen and oxygen atoms in total. The summed E-state index contributed by atoms with van der Waals surface area (Å²) in [6.45, 7) is 4.89. The molecule has 21 heavy (non-hydrogen) atoms. The second-order valence-electron chi connectivity index (χ2n) is 5.08. The molecule has 0 saturated carbocycles. The molecule has 1 aromatic rings. The molecule has 116 valence electrons. The number of nitrogens with one attached hydrogen (secondary N) is 1. The third kappa shape index (κ3) is 3.33. The maximum atomic E-state index is 12.1. The number of aliphatic carboxylic acids is 1. The van der Waals surface area contributed by atoms with Crippen LogP contribution in [0.1, 0.15) is 17.0 Å². The number of carbonyl (C=O) groups excluding carboxylic acids is 1. The fourth-order valence-corrected chi connectivity index (χ4v) is 2.33. The van der Waals surface area contributed by atoms with Crippen molar-refractivity contribution in [1.82, 2.24) is 20.0 Å². The molecule has 1 atom stereocenters. The number of carboxylic acids is 1. The molecule has 1 aromatic heterocycles. The predicted molar refractivity (Wildman–Crippen MR) is 73.9 cm³/mol. The van der Waals surface area contributed by atoms with E-state index in [0.717, 1.165) is 17.0 Å². The van der Waals surface area contributed by atoms with Crippen molar-refractivity contribution in [2.45, 2.75) is 26.5 Å². The number of carboxylic acid groups (broad SMARTS) is 1. The molecule has 2 heterocycles. The summed E-state index contributed by atoms with van der Waals surface area (Å²) in [7, 11) is 1.85. The zero-order valence-electron chi connectivity index (χ0n) is 12.4. The Balaban J connectivity index is 1.94. The number of amides is 2. The van der Waals surface area contributed by atoms with Crippen molar-refractivity contribution in [3.8, 4) is 0 Å². The molecule has 0 aliphatic carbocycles. The number of ether oxygens (including phenoxy) is 1. The number of carbonyl (C=O) groups is 2. The lowest BCUT2D eigenvalue weighted by molar-refractivity contribution is -0.154. The Bertz CT molecular complexity index is 555. The van der Waals surface area contributed by atoms with Crippen LogP contribution in [0.25, 0.3) is 0 Å². The SMILES string of the molecule is Cc1nn(C)c(C)c1CNC(=O)N1CCOC(C(=O)O)C1. The predicted octanol–water partition coefficient (Wildman–Crippen LogP) is 0.0319. The van der Waals surface area contributed by atoms with Gasteiger partial charge in [0.1, 0.15) is 0 Å². The van der Waals surface area contributed by atoms with Gasteiger partial charge in [0.25, 0.3) is 0 Å². The lowest BCUT2D eigenvalue weighted by Gasteiger charge is -2.30. The molecular formula is C13H20N4O4. The maximum Gasteiger partial charge on any atom is 0.334 e. The quantitative estimate of drug-likeness (QED) is 0.820. The van der Waals surface area contributed by atoms with E-state index in [2.05, 4.69) is 10.4 Å². The minimum atomic E-state index is -1.05. The second kappa shape index (κ2) is 6.13. The molecule has 0 spiro atoms. The third-order valence-electron chi connectivity index (χ3n) is 3.70. The molecular weight excluding hydrogens is 276 g/mol. The molecule has 2 amide bonds. The first-order valence-corrected chi connectivity index (χ1v) is 6.76. The maximum absolute atomic E-state index is 12.1. The van der Waals surface area contributed by atoms with Gasteiger partial charge in [-0.3, -0.25) is 4.68 Å². The smallest absolute Gasteiger partial charge is 0.334 e. The van der Waals surface area contributed by atoms with Crippen molar-refractivity contribution in [3.05, 3.63) is 17.0 Å². The van der Waals surface area contributed by atoms with E-state index in [4.69, 9.17) is 9.84 Å². The van der Waals surface area contributed by atoms with E-state index in [1.807, 2.05) is 20.9 Å². The fraction of sp³-hybridized carbons (Fsp3) is 0.615. The van der Waals surface area contributed by atoms with Crippen LogP contribution >= 0.6 is 0 Å². The molecule has 1 aliphatic rings. The summed E-state index contributed by atoms with van der Waals surface area (Å²) >= 11 is 0. The van der Waals surface area contributed by atoms with Crippen LogP contribution in [0, 0.1) is 13.8 Å². The number of hydrogen-bond donors (Lipinski definition) is 2. The zero-order valence-corrected chi connectivity index (χ0v) is 12.4. The number of aromatic nitrogens is 2. The number of morpholine rings is 1. The summed E-state index contributed by atoms with van der Waals surface area (Å²) in [6.07, 6.45) is -0.952. The third-order valence-corrected chi connectivity index (χ3v) is 3.70. The summed E-state index contributed by atoms with van der Waals surface area (Å²) in [6, 6.07) is -0.285. The minimum absolute atomic E-state index is 0.0617. The van der Waals surface area contributed by atoms with Crippen molar-refractivity contribution in [2.24, 2.45) is 7.05 Å². The molecule has 1 saturated heterocycles. The molecule has 0 radical (unpaired) electrons. The van der Waals surface area contributed by atoms with Gasteiger partial charge in [0.2, 0.25) is 0 Å². The number of nitrogens with zero attached hydrogens (tertiary/aromatic N) is 3. The van der Waals surface area contributed by atoms with Crippen LogP contribution in [0.4, 0.5) is 4.79 Å². The highest BCUT2D eigenvalue weighted by Crippen LogP contribution is 2.12. The van der Waals surface area contributed by atoms with Crippen molar-refractivity contribution < 1.29 is 19.4 Å². The van der Waals surface area contributed by atoms with Crippen LogP contribution in [-0.4, -0.2) is 57.6 Å². The van der Waals surface area contributed by atoms with E-state index in [1.165, 1.54) is 4.90 Å². The molecule has 1 unspecified atom stereocenters. The van der Waals surface area contributed by atoms with E-state index < -0.39 is 12.1 Å². The van der Waals surface area contributed by atoms with Crippen LogP contribution < -0.4 is 5.32 Å². The number of urea groups is 1. The Morgan fingerprint density at radius 3 is 2.76 bits per heavy atom. The molecule has 1 aliphatic heterocycles. The van der Waals surface area contributed by atoms with E-state index in [-0.39, 0.29) is 19.2 Å². The zero-order chi connectivity index (χ0) is 15.6. The van der Waals surface area contributed by atoms with E-state index >= 15 is 0 Å². The van der Waals surface area contributed by atoms with Crippen LogP contribution in [0.3, 0.4) is 0 Å². The molecule has 0 aromatic carbocycles. The van der Waals surface area contributed by atoms with Gasteiger partial charge in [-0.25, -0.2) is 9.59 Å². The lowest BCUT2D eigenvalue weighted by Crippen LogP contribution is -2.51. The van der Waals surface area contributed by atoms with Gasteiger partial charge in [0.05, 0.1) is 18.8 Å². The van der Waals surface area contributed by atoms with Crippen molar-refractivity contribution in [3.63, 3.8) is 0 Å². The van der Waals surface area contributed by atoms with E-state index in [1.54, 1.807) is 4.68 Å². The lowest BCUT2D eigenvalue weighted by atomic mass is 10.2. The summed E-state index contributed by atoms with van der Waals surface area (Å²) < 4.78 is 6.86. The summed E-state index contributed by atoms with van der Waals surface area (Å²) in [5, 5.41) is 16.0. The fourth-order valence-electron chi connectivity index (χ4n) is 2.33.